The normalized spacial score (nSPS) is 18.7. The van der Waals surface area contributed by atoms with Crippen molar-refractivity contribution in [2.24, 2.45) is 0 Å². The molecule has 31 heavy (non-hydrogen) atoms. The zero-order valence-corrected chi connectivity index (χ0v) is 16.8. The first-order chi connectivity index (χ1) is 13.0. The predicted molar refractivity (Wildman–Crippen MR) is 80.0 cm³/mol. The molecule has 0 amide bonds. The molecular weight excluding hydrogens is 528 g/mol. The number of hydrogen-bond acceptors (Lipinski definition) is 0. The molecule has 18 heteroatoms. The van der Waals surface area contributed by atoms with Gasteiger partial charge in [0.1, 0.15) is 0 Å². The van der Waals surface area contributed by atoms with E-state index in [1.165, 1.54) is 0 Å². The topological polar surface area (TPSA) is 0 Å². The molecule has 0 aromatic rings. The maximum Gasteiger partial charge on any atom is 0.460 e. The van der Waals surface area contributed by atoms with Gasteiger partial charge in [0.15, 0.2) is 0 Å². The summed E-state index contributed by atoms with van der Waals surface area (Å²) in [5.41, 5.74) is -7.03. The van der Waals surface area contributed by atoms with Gasteiger partial charge in [0, 0.05) is 6.42 Å². The van der Waals surface area contributed by atoms with Crippen LogP contribution in [0.3, 0.4) is 0 Å². The van der Waals surface area contributed by atoms with Gasteiger partial charge in [-0.3, -0.25) is 0 Å². The Balaban J connectivity index is 6.56. The summed E-state index contributed by atoms with van der Waals surface area (Å²) in [6.07, 6.45) is -7.95. The van der Waals surface area contributed by atoms with Crippen LogP contribution in [-0.4, -0.2) is 65.6 Å². The fourth-order valence-corrected chi connectivity index (χ4v) is 2.89. The van der Waals surface area contributed by atoms with Gasteiger partial charge in [0.25, 0.3) is 0 Å². The van der Waals surface area contributed by atoms with Crippen LogP contribution in [0.5, 0.6) is 0 Å². The number of halogens is 17. The van der Waals surface area contributed by atoms with Crippen LogP contribution in [0.25, 0.3) is 0 Å². The highest BCUT2D eigenvalue weighted by Crippen LogP contribution is 2.64. The summed E-state index contributed by atoms with van der Waals surface area (Å²) in [6.45, 7) is -1.62. The molecule has 0 heterocycles. The predicted octanol–water partition coefficient (Wildman–Crippen LogP) is 7.70. The van der Waals surface area contributed by atoms with Gasteiger partial charge in [0.2, 0.25) is 5.67 Å². The molecule has 0 rings (SSSR count). The fourth-order valence-electron chi connectivity index (χ4n) is 1.92. The molecule has 0 saturated heterocycles. The van der Waals surface area contributed by atoms with E-state index in [0.717, 1.165) is 12.5 Å². The van der Waals surface area contributed by atoms with Crippen molar-refractivity contribution in [3.63, 3.8) is 0 Å². The van der Waals surface area contributed by atoms with E-state index in [0.29, 0.717) is 0 Å². The minimum absolute atomic E-state index is 0.980. The van der Waals surface area contributed by atoms with Gasteiger partial charge in [-0.15, -0.1) is 0 Å². The van der Waals surface area contributed by atoms with Gasteiger partial charge < -0.3 is 0 Å². The molecule has 1 atom stereocenters. The molecule has 0 aromatic heterocycles. The van der Waals surface area contributed by atoms with Crippen molar-refractivity contribution in [3.05, 3.63) is 0 Å². The Labute approximate surface area is 170 Å². The van der Waals surface area contributed by atoms with Gasteiger partial charge in [0.05, 0.1) is 0 Å². The van der Waals surface area contributed by atoms with Gasteiger partial charge in [-0.1, -0.05) is 10.7 Å². The van der Waals surface area contributed by atoms with Crippen molar-refractivity contribution in [2.75, 3.05) is 18.3 Å². The minimum Gasteiger partial charge on any atom is -0.230 e. The maximum absolute atomic E-state index is 14.0. The van der Waals surface area contributed by atoms with Crippen LogP contribution in [0.4, 0.5) is 70.2 Å². The van der Waals surface area contributed by atoms with E-state index in [9.17, 15) is 70.2 Å². The van der Waals surface area contributed by atoms with E-state index >= 15 is 0 Å². The standard InChI is InChI=1S/C13H13ClF16S/c1-6(15,9(20,21)11(24,25)12(26,27)13(28,29)30)8(18,19)10(22,23)7(16,17)4-5-31(2,3)14/h4-5H2,1-3H3. The van der Waals surface area contributed by atoms with E-state index < -0.39 is 75.7 Å². The largest absolute Gasteiger partial charge is 0.460 e. The first-order valence-electron chi connectivity index (χ1n) is 7.39. The zero-order valence-electron chi connectivity index (χ0n) is 15.2. The first kappa shape index (κ1) is 30.5. The Morgan fingerprint density at radius 2 is 0.871 bits per heavy atom. The van der Waals surface area contributed by atoms with E-state index in [2.05, 4.69) is 0 Å². The Kier molecular flexibility index (Phi) is 7.67. The van der Waals surface area contributed by atoms with Crippen molar-refractivity contribution < 1.29 is 70.2 Å². The van der Waals surface area contributed by atoms with Crippen LogP contribution in [-0.2, 0) is 0 Å². The monoisotopic (exact) mass is 540 g/mol. The van der Waals surface area contributed by atoms with Crippen LogP contribution in [0, 0.1) is 0 Å². The molecular formula is C13H13ClF16S. The Morgan fingerprint density at radius 1 is 0.548 bits per heavy atom. The quantitative estimate of drug-likeness (QED) is 0.263. The molecule has 1 unspecified atom stereocenters. The second-order valence-electron chi connectivity index (χ2n) is 6.93. The number of rotatable bonds is 9. The second kappa shape index (κ2) is 7.79. The smallest absolute Gasteiger partial charge is 0.230 e. The third-order valence-electron chi connectivity index (χ3n) is 4.08. The highest BCUT2D eigenvalue weighted by Gasteiger charge is 2.92. The van der Waals surface area contributed by atoms with Crippen LogP contribution in [0.15, 0.2) is 0 Å². The van der Waals surface area contributed by atoms with E-state index in [-0.39, 0.29) is 0 Å². The van der Waals surface area contributed by atoms with Crippen molar-refractivity contribution >= 4 is 19.9 Å². The summed E-state index contributed by atoms with van der Waals surface area (Å²) in [5.74, 6) is -46.1. The van der Waals surface area contributed by atoms with Crippen LogP contribution in [0.1, 0.15) is 13.3 Å². The SMILES string of the molecule is CC(F)(C(F)(F)C(F)(F)C(F)(F)CCS(C)(C)Cl)C(F)(F)C(F)(F)C(F)(F)C(F)(F)F. The minimum atomic E-state index is -8.10. The summed E-state index contributed by atoms with van der Waals surface area (Å²) < 4.78 is 212. The van der Waals surface area contributed by atoms with E-state index in [4.69, 9.17) is 10.7 Å². The number of hydrogen-bond donors (Lipinski definition) is 0. The summed E-state index contributed by atoms with van der Waals surface area (Å²) in [7, 11) is 2.80. The molecule has 0 bridgehead atoms. The first-order valence-corrected chi connectivity index (χ1v) is 10.8. The molecule has 0 fully saturated rings. The van der Waals surface area contributed by atoms with E-state index in [1.54, 1.807) is 0 Å². The summed E-state index contributed by atoms with van der Waals surface area (Å²) in [5, 5.41) is 0. The lowest BCUT2D eigenvalue weighted by atomic mass is 9.81. The maximum atomic E-state index is 14.0. The molecule has 190 valence electrons. The molecule has 0 aliphatic rings. The molecule has 0 nitrogen and oxygen atoms in total. The average Bonchev–Trinajstić information content (AvgIpc) is 2.50. The molecule has 0 aliphatic heterocycles. The van der Waals surface area contributed by atoms with Crippen LogP contribution >= 0.6 is 19.9 Å². The third kappa shape index (κ3) is 4.63. The zero-order chi connectivity index (χ0) is 25.9. The van der Waals surface area contributed by atoms with Crippen molar-refractivity contribution in [3.8, 4) is 0 Å². The van der Waals surface area contributed by atoms with E-state index in [1.807, 2.05) is 0 Å². The fraction of sp³-hybridized carbons (Fsp3) is 1.00. The Morgan fingerprint density at radius 3 is 1.16 bits per heavy atom. The molecule has 0 spiro atoms. The lowest BCUT2D eigenvalue weighted by Crippen LogP contribution is -2.75. The summed E-state index contributed by atoms with van der Waals surface area (Å²) in [6, 6.07) is 0. The highest BCUT2D eigenvalue weighted by molar-refractivity contribution is 8.50. The second-order valence-corrected chi connectivity index (χ2v) is 12.7. The lowest BCUT2D eigenvalue weighted by molar-refractivity contribution is -0.438. The lowest BCUT2D eigenvalue weighted by Gasteiger charge is -2.45. The highest BCUT2D eigenvalue weighted by atomic mass is 35.7. The summed E-state index contributed by atoms with van der Waals surface area (Å²) in [4.78, 5) is 0. The molecule has 0 aromatic carbocycles. The van der Waals surface area contributed by atoms with Gasteiger partial charge >= 0.3 is 41.7 Å². The third-order valence-corrected chi connectivity index (χ3v) is 5.72. The Hall–Kier alpha value is -0.480. The molecule has 0 radical (unpaired) electrons. The average molecular weight is 541 g/mol. The van der Waals surface area contributed by atoms with Crippen molar-refractivity contribution in [2.45, 2.75) is 60.7 Å². The molecule has 0 N–H and O–H groups in total. The van der Waals surface area contributed by atoms with Gasteiger partial charge in [-0.2, -0.15) is 75.1 Å². The molecule has 0 aliphatic carbocycles. The summed E-state index contributed by atoms with van der Waals surface area (Å²) >= 11 is 0. The molecule has 0 saturated carbocycles. The number of alkyl halides is 16. The van der Waals surface area contributed by atoms with Crippen molar-refractivity contribution in [1.82, 2.24) is 0 Å². The van der Waals surface area contributed by atoms with Gasteiger partial charge in [-0.25, -0.2) is 4.39 Å². The van der Waals surface area contributed by atoms with Crippen LogP contribution in [0.2, 0.25) is 0 Å². The van der Waals surface area contributed by atoms with Crippen LogP contribution < -0.4 is 0 Å². The Bertz CT molecular complexity index is 645. The van der Waals surface area contributed by atoms with Gasteiger partial charge in [-0.05, 0) is 25.2 Å². The van der Waals surface area contributed by atoms with Crippen molar-refractivity contribution in [1.29, 1.82) is 0 Å².